The largest absolute Gasteiger partial charge is 0.434 e. The van der Waals surface area contributed by atoms with Gasteiger partial charge in [-0.05, 0) is 23.8 Å². The lowest BCUT2D eigenvalue weighted by Gasteiger charge is -2.17. The van der Waals surface area contributed by atoms with E-state index in [-0.39, 0.29) is 17.9 Å². The number of hydrogen-bond donors (Lipinski definition) is 3. The van der Waals surface area contributed by atoms with Crippen LogP contribution in [0.25, 0.3) is 11.1 Å². The number of carbonyl (C=O) groups excluding carboxylic acids is 1. The Labute approximate surface area is 153 Å². The molecule has 3 aromatic rings. The zero-order chi connectivity index (χ0) is 19.2. The first-order valence-corrected chi connectivity index (χ1v) is 8.13. The number of carbonyl (C=O) groups is 1. The summed E-state index contributed by atoms with van der Waals surface area (Å²) in [5, 5.41) is 18.6. The summed E-state index contributed by atoms with van der Waals surface area (Å²) in [6, 6.07) is 12.6. The van der Waals surface area contributed by atoms with Crippen LogP contribution < -0.4 is 10.1 Å². The number of ether oxygens (including phenoxy) is 1. The van der Waals surface area contributed by atoms with E-state index in [9.17, 15) is 18.7 Å². The second-order valence-corrected chi connectivity index (χ2v) is 5.70. The standard InChI is InChI=1S/C19H17F2N3O3/c20-19(21)27-17-8-13(6-7-15(17)14-9-22-23-10-14)18(26)24-16(11-25)12-4-2-1-3-5-12/h1-10,16,19,25H,11H2,(H,22,23)(H,24,26)/t16-/m1/s1. The lowest BCUT2D eigenvalue weighted by atomic mass is 10.0. The first-order valence-electron chi connectivity index (χ1n) is 8.13. The highest BCUT2D eigenvalue weighted by Gasteiger charge is 2.18. The molecule has 1 heterocycles. The van der Waals surface area contributed by atoms with Gasteiger partial charge in [0.15, 0.2) is 0 Å². The molecule has 6 nitrogen and oxygen atoms in total. The number of nitrogens with one attached hydrogen (secondary N) is 2. The van der Waals surface area contributed by atoms with Crippen molar-refractivity contribution in [2.24, 2.45) is 0 Å². The third-order valence-corrected chi connectivity index (χ3v) is 3.96. The van der Waals surface area contributed by atoms with Crippen molar-refractivity contribution in [1.82, 2.24) is 15.5 Å². The number of aliphatic hydroxyl groups is 1. The Bertz CT molecular complexity index is 886. The second kappa shape index (κ2) is 8.41. The van der Waals surface area contributed by atoms with Crippen molar-refractivity contribution >= 4 is 5.91 Å². The number of hydrogen-bond acceptors (Lipinski definition) is 4. The number of nitrogens with zero attached hydrogens (tertiary/aromatic N) is 1. The van der Waals surface area contributed by atoms with E-state index < -0.39 is 18.6 Å². The van der Waals surface area contributed by atoms with Crippen LogP contribution >= 0.6 is 0 Å². The predicted octanol–water partition coefficient (Wildman–Crippen LogP) is 3.14. The van der Waals surface area contributed by atoms with Gasteiger partial charge in [0, 0.05) is 22.9 Å². The molecule has 0 saturated carbocycles. The Morgan fingerprint density at radius 2 is 2.00 bits per heavy atom. The van der Waals surface area contributed by atoms with Crippen LogP contribution in [0, 0.1) is 0 Å². The van der Waals surface area contributed by atoms with Crippen molar-refractivity contribution in [3.05, 3.63) is 72.1 Å². The number of aromatic nitrogens is 2. The van der Waals surface area contributed by atoms with Crippen LogP contribution in [0.15, 0.2) is 60.9 Å². The first kappa shape index (κ1) is 18.5. The van der Waals surface area contributed by atoms with Gasteiger partial charge in [-0.2, -0.15) is 13.9 Å². The van der Waals surface area contributed by atoms with E-state index in [1.165, 1.54) is 30.6 Å². The summed E-state index contributed by atoms with van der Waals surface area (Å²) < 4.78 is 30.1. The van der Waals surface area contributed by atoms with E-state index in [0.717, 1.165) is 5.56 Å². The van der Waals surface area contributed by atoms with Gasteiger partial charge in [-0.3, -0.25) is 9.89 Å². The smallest absolute Gasteiger partial charge is 0.387 e. The second-order valence-electron chi connectivity index (χ2n) is 5.70. The SMILES string of the molecule is O=C(N[C@H](CO)c1ccccc1)c1ccc(-c2cn[nH]c2)c(OC(F)F)c1. The summed E-state index contributed by atoms with van der Waals surface area (Å²) in [5.74, 6) is -0.657. The van der Waals surface area contributed by atoms with Crippen molar-refractivity contribution in [2.75, 3.05) is 6.61 Å². The molecule has 1 aromatic heterocycles. The van der Waals surface area contributed by atoms with Gasteiger partial charge < -0.3 is 15.2 Å². The van der Waals surface area contributed by atoms with Crippen molar-refractivity contribution in [2.45, 2.75) is 12.7 Å². The third-order valence-electron chi connectivity index (χ3n) is 3.96. The minimum Gasteiger partial charge on any atom is -0.434 e. The number of amides is 1. The molecule has 0 aliphatic rings. The Morgan fingerprint density at radius 3 is 2.63 bits per heavy atom. The average Bonchev–Trinajstić information content (AvgIpc) is 3.20. The van der Waals surface area contributed by atoms with Crippen LogP contribution in [0.3, 0.4) is 0 Å². The molecule has 3 N–H and O–H groups in total. The lowest BCUT2D eigenvalue weighted by Crippen LogP contribution is -2.30. The number of halogens is 2. The van der Waals surface area contributed by atoms with E-state index in [1.807, 2.05) is 6.07 Å². The monoisotopic (exact) mass is 373 g/mol. The highest BCUT2D eigenvalue weighted by molar-refractivity contribution is 5.95. The van der Waals surface area contributed by atoms with E-state index in [2.05, 4.69) is 20.3 Å². The zero-order valence-corrected chi connectivity index (χ0v) is 14.1. The van der Waals surface area contributed by atoms with Crippen LogP contribution in [-0.4, -0.2) is 34.4 Å². The summed E-state index contributed by atoms with van der Waals surface area (Å²) in [6.07, 6.45) is 3.00. The molecule has 0 aliphatic heterocycles. The molecule has 0 bridgehead atoms. The van der Waals surface area contributed by atoms with Crippen molar-refractivity contribution in [3.8, 4) is 16.9 Å². The van der Waals surface area contributed by atoms with E-state index in [0.29, 0.717) is 11.1 Å². The Kier molecular flexibility index (Phi) is 5.77. The molecular formula is C19H17F2N3O3. The molecule has 1 atom stereocenters. The Morgan fingerprint density at radius 1 is 1.22 bits per heavy atom. The van der Waals surface area contributed by atoms with Gasteiger partial charge in [0.25, 0.3) is 5.91 Å². The van der Waals surface area contributed by atoms with Gasteiger partial charge in [-0.25, -0.2) is 0 Å². The molecule has 8 heteroatoms. The highest BCUT2D eigenvalue weighted by atomic mass is 19.3. The number of aliphatic hydroxyl groups excluding tert-OH is 1. The topological polar surface area (TPSA) is 87.2 Å². The van der Waals surface area contributed by atoms with Gasteiger partial charge in [0.1, 0.15) is 5.75 Å². The maximum atomic E-state index is 12.8. The fourth-order valence-corrected chi connectivity index (χ4v) is 2.66. The van der Waals surface area contributed by atoms with Gasteiger partial charge in [0.2, 0.25) is 0 Å². The number of aromatic amines is 1. The van der Waals surface area contributed by atoms with Gasteiger partial charge in [0.05, 0.1) is 18.8 Å². The van der Waals surface area contributed by atoms with Crippen LogP contribution in [0.5, 0.6) is 5.75 Å². The molecule has 0 fully saturated rings. The van der Waals surface area contributed by atoms with Crippen LogP contribution in [-0.2, 0) is 0 Å². The number of benzene rings is 2. The normalized spacial score (nSPS) is 12.0. The summed E-state index contributed by atoms with van der Waals surface area (Å²) >= 11 is 0. The molecule has 0 unspecified atom stereocenters. The Hall–Kier alpha value is -3.26. The maximum Gasteiger partial charge on any atom is 0.387 e. The molecule has 0 saturated heterocycles. The molecule has 2 aromatic carbocycles. The number of rotatable bonds is 7. The fraction of sp³-hybridized carbons (Fsp3) is 0.158. The fourth-order valence-electron chi connectivity index (χ4n) is 2.66. The summed E-state index contributed by atoms with van der Waals surface area (Å²) in [6.45, 7) is -3.34. The summed E-state index contributed by atoms with van der Waals surface area (Å²) in [4.78, 5) is 12.5. The highest BCUT2D eigenvalue weighted by Crippen LogP contribution is 2.31. The van der Waals surface area contributed by atoms with Crippen molar-refractivity contribution in [1.29, 1.82) is 0 Å². The van der Waals surface area contributed by atoms with Gasteiger partial charge in [-0.15, -0.1) is 0 Å². The van der Waals surface area contributed by atoms with Crippen molar-refractivity contribution < 1.29 is 23.4 Å². The number of alkyl halides is 2. The average molecular weight is 373 g/mol. The first-order chi connectivity index (χ1) is 13.1. The van der Waals surface area contributed by atoms with Crippen LogP contribution in [0.4, 0.5) is 8.78 Å². The molecule has 1 amide bonds. The van der Waals surface area contributed by atoms with Crippen molar-refractivity contribution in [3.63, 3.8) is 0 Å². The Balaban J connectivity index is 1.86. The van der Waals surface area contributed by atoms with Gasteiger partial charge >= 0.3 is 6.61 Å². The maximum absolute atomic E-state index is 12.8. The predicted molar refractivity (Wildman–Crippen MR) is 94.4 cm³/mol. The molecule has 140 valence electrons. The third kappa shape index (κ3) is 4.48. The quantitative estimate of drug-likeness (QED) is 0.594. The summed E-state index contributed by atoms with van der Waals surface area (Å²) in [7, 11) is 0. The van der Waals surface area contributed by atoms with Crippen LogP contribution in [0.1, 0.15) is 22.0 Å². The molecule has 0 radical (unpaired) electrons. The molecular weight excluding hydrogens is 356 g/mol. The summed E-state index contributed by atoms with van der Waals surface area (Å²) in [5.41, 5.74) is 1.79. The zero-order valence-electron chi connectivity index (χ0n) is 14.1. The molecule has 27 heavy (non-hydrogen) atoms. The van der Waals surface area contributed by atoms with E-state index in [4.69, 9.17) is 0 Å². The molecule has 3 rings (SSSR count). The molecule has 0 aliphatic carbocycles. The van der Waals surface area contributed by atoms with Gasteiger partial charge in [-0.1, -0.05) is 30.3 Å². The van der Waals surface area contributed by atoms with Crippen LogP contribution in [0.2, 0.25) is 0 Å². The minimum absolute atomic E-state index is 0.132. The minimum atomic E-state index is -3.04. The number of H-pyrrole nitrogens is 1. The lowest BCUT2D eigenvalue weighted by molar-refractivity contribution is -0.0494. The van der Waals surface area contributed by atoms with E-state index >= 15 is 0 Å². The van der Waals surface area contributed by atoms with E-state index in [1.54, 1.807) is 24.3 Å². The molecule has 0 spiro atoms.